The SMILES string of the molecule is Fc1ccc(F)c([C@@H](c2ccc(OC(F)(F)F)cc2)N2CCNCC2)c1. The van der Waals surface area contributed by atoms with E-state index in [-0.39, 0.29) is 11.3 Å². The average Bonchev–Trinajstić information content (AvgIpc) is 2.59. The molecule has 1 saturated heterocycles. The van der Waals surface area contributed by atoms with E-state index in [9.17, 15) is 22.0 Å². The van der Waals surface area contributed by atoms with Gasteiger partial charge in [0, 0.05) is 31.7 Å². The molecule has 0 amide bonds. The highest BCUT2D eigenvalue weighted by Crippen LogP contribution is 2.33. The van der Waals surface area contributed by atoms with Crippen LogP contribution in [0.4, 0.5) is 22.0 Å². The zero-order valence-electron chi connectivity index (χ0n) is 13.7. The number of hydrogen-bond acceptors (Lipinski definition) is 3. The predicted molar refractivity (Wildman–Crippen MR) is 85.8 cm³/mol. The smallest absolute Gasteiger partial charge is 0.406 e. The number of nitrogens with zero attached hydrogens (tertiary/aromatic N) is 1. The van der Waals surface area contributed by atoms with E-state index in [1.54, 1.807) is 0 Å². The number of hydrogen-bond donors (Lipinski definition) is 1. The predicted octanol–water partition coefficient (Wildman–Crippen LogP) is 3.86. The van der Waals surface area contributed by atoms with Gasteiger partial charge < -0.3 is 10.1 Å². The number of rotatable bonds is 4. The Kier molecular flexibility index (Phi) is 5.43. The highest BCUT2D eigenvalue weighted by molar-refractivity contribution is 5.36. The molecule has 1 heterocycles. The van der Waals surface area contributed by atoms with Crippen molar-refractivity contribution in [2.75, 3.05) is 26.2 Å². The summed E-state index contributed by atoms with van der Waals surface area (Å²) < 4.78 is 68.9. The summed E-state index contributed by atoms with van der Waals surface area (Å²) in [5.41, 5.74) is 0.710. The van der Waals surface area contributed by atoms with Crippen LogP contribution in [0.15, 0.2) is 42.5 Å². The van der Waals surface area contributed by atoms with Crippen molar-refractivity contribution >= 4 is 0 Å². The van der Waals surface area contributed by atoms with Crippen LogP contribution in [-0.4, -0.2) is 37.4 Å². The molecule has 0 spiro atoms. The molecule has 0 saturated carbocycles. The molecule has 1 atom stereocenters. The van der Waals surface area contributed by atoms with Gasteiger partial charge in [-0.3, -0.25) is 4.90 Å². The molecule has 0 bridgehead atoms. The van der Waals surface area contributed by atoms with E-state index in [4.69, 9.17) is 0 Å². The molecule has 3 rings (SSSR count). The number of benzene rings is 2. The first-order valence-corrected chi connectivity index (χ1v) is 8.09. The lowest BCUT2D eigenvalue weighted by atomic mass is 9.95. The van der Waals surface area contributed by atoms with Crippen LogP contribution in [0.25, 0.3) is 0 Å². The summed E-state index contributed by atoms with van der Waals surface area (Å²) in [6, 6.07) is 7.85. The quantitative estimate of drug-likeness (QED) is 0.825. The van der Waals surface area contributed by atoms with Crippen LogP contribution in [0, 0.1) is 11.6 Å². The molecular formula is C18H17F5N2O. The van der Waals surface area contributed by atoms with E-state index in [2.05, 4.69) is 10.1 Å². The zero-order chi connectivity index (χ0) is 18.7. The maximum Gasteiger partial charge on any atom is 0.573 e. The second kappa shape index (κ2) is 7.59. The molecule has 2 aromatic rings. The van der Waals surface area contributed by atoms with Gasteiger partial charge in [-0.1, -0.05) is 12.1 Å². The van der Waals surface area contributed by atoms with Crippen molar-refractivity contribution in [3.8, 4) is 5.75 Å². The van der Waals surface area contributed by atoms with Crippen LogP contribution in [0.2, 0.25) is 0 Å². The Morgan fingerprint density at radius 2 is 1.62 bits per heavy atom. The summed E-state index contributed by atoms with van der Waals surface area (Å²) in [6.07, 6.45) is -4.78. The lowest BCUT2D eigenvalue weighted by molar-refractivity contribution is -0.274. The third kappa shape index (κ3) is 4.50. The molecule has 0 aliphatic carbocycles. The van der Waals surface area contributed by atoms with Gasteiger partial charge in [0.1, 0.15) is 17.4 Å². The summed E-state index contributed by atoms with van der Waals surface area (Å²) in [5, 5.41) is 3.18. The Morgan fingerprint density at radius 1 is 0.962 bits per heavy atom. The van der Waals surface area contributed by atoms with Crippen LogP contribution < -0.4 is 10.1 Å². The van der Waals surface area contributed by atoms with Gasteiger partial charge in [0.15, 0.2) is 0 Å². The summed E-state index contributed by atoms with van der Waals surface area (Å²) in [4.78, 5) is 1.97. The largest absolute Gasteiger partial charge is 0.573 e. The molecule has 1 aliphatic heterocycles. The third-order valence-electron chi connectivity index (χ3n) is 4.20. The molecule has 0 aromatic heterocycles. The summed E-state index contributed by atoms with van der Waals surface area (Å²) in [6.45, 7) is 2.56. The monoisotopic (exact) mass is 372 g/mol. The van der Waals surface area contributed by atoms with Crippen molar-refractivity contribution in [1.29, 1.82) is 0 Å². The van der Waals surface area contributed by atoms with Gasteiger partial charge in [-0.2, -0.15) is 0 Å². The summed E-state index contributed by atoms with van der Waals surface area (Å²) >= 11 is 0. The van der Waals surface area contributed by atoms with E-state index in [0.29, 0.717) is 31.7 Å². The van der Waals surface area contributed by atoms with Gasteiger partial charge in [0.2, 0.25) is 0 Å². The van der Waals surface area contributed by atoms with E-state index in [1.165, 1.54) is 24.3 Å². The van der Waals surface area contributed by atoms with Gasteiger partial charge in [-0.05, 0) is 35.9 Å². The molecular weight excluding hydrogens is 355 g/mol. The molecule has 1 aliphatic rings. The van der Waals surface area contributed by atoms with Crippen molar-refractivity contribution < 1.29 is 26.7 Å². The minimum absolute atomic E-state index is 0.149. The topological polar surface area (TPSA) is 24.5 Å². The average molecular weight is 372 g/mol. The van der Waals surface area contributed by atoms with E-state index >= 15 is 0 Å². The molecule has 26 heavy (non-hydrogen) atoms. The van der Waals surface area contributed by atoms with Crippen molar-refractivity contribution in [2.45, 2.75) is 12.4 Å². The highest BCUT2D eigenvalue weighted by Gasteiger charge is 2.31. The fraction of sp³-hybridized carbons (Fsp3) is 0.333. The van der Waals surface area contributed by atoms with Gasteiger partial charge in [0.25, 0.3) is 0 Å². The molecule has 0 radical (unpaired) electrons. The van der Waals surface area contributed by atoms with Crippen molar-refractivity contribution in [1.82, 2.24) is 10.2 Å². The van der Waals surface area contributed by atoms with Crippen molar-refractivity contribution in [2.24, 2.45) is 0 Å². The van der Waals surface area contributed by atoms with E-state index < -0.39 is 24.0 Å². The fourth-order valence-corrected chi connectivity index (χ4v) is 3.10. The van der Waals surface area contributed by atoms with E-state index in [1.807, 2.05) is 4.90 Å². The normalized spacial score (nSPS) is 17.1. The highest BCUT2D eigenvalue weighted by atomic mass is 19.4. The first-order chi connectivity index (χ1) is 12.3. The van der Waals surface area contributed by atoms with Crippen LogP contribution in [0.1, 0.15) is 17.2 Å². The number of alkyl halides is 3. The van der Waals surface area contributed by atoms with Gasteiger partial charge in [-0.25, -0.2) is 8.78 Å². The molecule has 1 fully saturated rings. The maximum atomic E-state index is 14.4. The molecule has 8 heteroatoms. The molecule has 0 unspecified atom stereocenters. The standard InChI is InChI=1S/C18H17F5N2O/c19-13-3-6-16(20)15(11-13)17(25-9-7-24-8-10-25)12-1-4-14(5-2-12)26-18(21,22)23/h1-6,11,17,24H,7-10H2/t17-/m1/s1. The minimum atomic E-state index is -4.78. The van der Waals surface area contributed by atoms with Gasteiger partial charge in [0.05, 0.1) is 6.04 Å². The zero-order valence-corrected chi connectivity index (χ0v) is 13.7. The Morgan fingerprint density at radius 3 is 2.23 bits per heavy atom. The molecule has 3 nitrogen and oxygen atoms in total. The Bertz CT molecular complexity index is 742. The number of piperazine rings is 1. The number of ether oxygens (including phenoxy) is 1. The Balaban J connectivity index is 1.96. The summed E-state index contributed by atoms with van der Waals surface area (Å²) in [7, 11) is 0. The third-order valence-corrected chi connectivity index (χ3v) is 4.20. The second-order valence-corrected chi connectivity index (χ2v) is 5.97. The second-order valence-electron chi connectivity index (χ2n) is 5.97. The number of halogens is 5. The number of nitrogens with one attached hydrogen (secondary N) is 1. The molecule has 1 N–H and O–H groups in total. The Labute approximate surface area is 147 Å². The van der Waals surface area contributed by atoms with Crippen LogP contribution in [0.5, 0.6) is 5.75 Å². The fourth-order valence-electron chi connectivity index (χ4n) is 3.10. The lowest BCUT2D eigenvalue weighted by Gasteiger charge is -2.35. The maximum absolute atomic E-state index is 14.4. The van der Waals surface area contributed by atoms with Crippen LogP contribution >= 0.6 is 0 Å². The van der Waals surface area contributed by atoms with Crippen molar-refractivity contribution in [3.05, 3.63) is 65.2 Å². The molecule has 2 aromatic carbocycles. The van der Waals surface area contributed by atoms with Crippen molar-refractivity contribution in [3.63, 3.8) is 0 Å². The van der Waals surface area contributed by atoms with Crippen LogP contribution in [0.3, 0.4) is 0 Å². The minimum Gasteiger partial charge on any atom is -0.406 e. The van der Waals surface area contributed by atoms with Gasteiger partial charge >= 0.3 is 6.36 Å². The molecule has 140 valence electrons. The van der Waals surface area contributed by atoms with Crippen LogP contribution in [-0.2, 0) is 0 Å². The lowest BCUT2D eigenvalue weighted by Crippen LogP contribution is -2.45. The Hall–Kier alpha value is -2.19. The van der Waals surface area contributed by atoms with Gasteiger partial charge in [-0.15, -0.1) is 13.2 Å². The first-order valence-electron chi connectivity index (χ1n) is 8.09. The summed E-state index contributed by atoms with van der Waals surface area (Å²) in [5.74, 6) is -1.50. The first kappa shape index (κ1) is 18.6. The van der Waals surface area contributed by atoms with E-state index in [0.717, 1.165) is 18.2 Å².